The monoisotopic (exact) mass is 416 g/mol. The Kier molecular flexibility index (Phi) is 8.28. The van der Waals surface area contributed by atoms with Crippen LogP contribution in [0.15, 0.2) is 60.7 Å². The summed E-state index contributed by atoms with van der Waals surface area (Å²) in [4.78, 5) is 48.6. The number of hydrogen-bond donors (Lipinski definition) is 0. The zero-order chi connectivity index (χ0) is 20.5. The van der Waals surface area contributed by atoms with Crippen LogP contribution in [-0.4, -0.2) is 33.6 Å². The van der Waals surface area contributed by atoms with E-state index in [0.717, 1.165) is 23.5 Å². The van der Waals surface area contributed by atoms with Gasteiger partial charge in [0.15, 0.2) is 10.2 Å². The van der Waals surface area contributed by atoms with Crippen LogP contribution in [-0.2, 0) is 19.2 Å². The molecule has 2 rings (SSSR count). The van der Waals surface area contributed by atoms with Gasteiger partial charge in [-0.1, -0.05) is 59.9 Å². The summed E-state index contributed by atoms with van der Waals surface area (Å²) < 4.78 is 0. The standard InChI is InChI=1S/C20H20N2O4S2/c1-15(23)27-13-19(25)21(17-9-5-3-6-10-17)22(18-11-7-4-8-12-18)20(26)14-28-16(2)24/h3-12H,13-14H2,1-2H3. The van der Waals surface area contributed by atoms with Gasteiger partial charge < -0.3 is 0 Å². The highest BCUT2D eigenvalue weighted by atomic mass is 32.2. The summed E-state index contributed by atoms with van der Waals surface area (Å²) in [6.45, 7) is 2.77. The van der Waals surface area contributed by atoms with Crippen molar-refractivity contribution in [2.75, 3.05) is 21.5 Å². The third-order valence-electron chi connectivity index (χ3n) is 3.47. The summed E-state index contributed by atoms with van der Waals surface area (Å²) in [5, 5.41) is 2.14. The second kappa shape index (κ2) is 10.7. The molecule has 2 amide bonds. The average molecular weight is 417 g/mol. The van der Waals surface area contributed by atoms with Gasteiger partial charge in [-0.2, -0.15) is 0 Å². The van der Waals surface area contributed by atoms with Crippen molar-refractivity contribution in [2.45, 2.75) is 13.8 Å². The van der Waals surface area contributed by atoms with Crippen molar-refractivity contribution in [3.8, 4) is 0 Å². The maximum atomic E-state index is 13.0. The van der Waals surface area contributed by atoms with E-state index in [0.29, 0.717) is 11.4 Å². The Labute approximate surface area is 172 Å². The van der Waals surface area contributed by atoms with Crippen LogP contribution in [0.1, 0.15) is 13.8 Å². The van der Waals surface area contributed by atoms with Crippen LogP contribution in [0.4, 0.5) is 11.4 Å². The van der Waals surface area contributed by atoms with Crippen molar-refractivity contribution in [1.29, 1.82) is 0 Å². The Hall–Kier alpha value is -2.58. The molecule has 6 nitrogen and oxygen atoms in total. The van der Waals surface area contributed by atoms with Gasteiger partial charge in [-0.3, -0.25) is 19.2 Å². The lowest BCUT2D eigenvalue weighted by molar-refractivity contribution is -0.121. The van der Waals surface area contributed by atoms with Crippen molar-refractivity contribution < 1.29 is 19.2 Å². The molecule has 0 aliphatic rings. The zero-order valence-corrected chi connectivity index (χ0v) is 17.2. The lowest BCUT2D eigenvalue weighted by Crippen LogP contribution is -2.52. The highest BCUT2D eigenvalue weighted by Gasteiger charge is 2.29. The van der Waals surface area contributed by atoms with Gasteiger partial charge in [-0.05, 0) is 24.3 Å². The van der Waals surface area contributed by atoms with E-state index in [1.54, 1.807) is 60.7 Å². The topological polar surface area (TPSA) is 74.8 Å². The molecule has 0 saturated carbocycles. The first kappa shape index (κ1) is 21.7. The fourth-order valence-corrected chi connectivity index (χ4v) is 3.23. The maximum absolute atomic E-state index is 13.0. The first-order chi connectivity index (χ1) is 13.4. The molecule has 2 aromatic rings. The number of hydrogen-bond acceptors (Lipinski definition) is 6. The van der Waals surface area contributed by atoms with Crippen molar-refractivity contribution >= 4 is 56.9 Å². The normalized spacial score (nSPS) is 10.2. The van der Waals surface area contributed by atoms with Gasteiger partial charge in [-0.25, -0.2) is 10.0 Å². The SMILES string of the molecule is CC(=O)SCC(=O)N(c1ccccc1)N(C(=O)CSC(C)=O)c1ccccc1. The third kappa shape index (κ3) is 6.24. The molecule has 0 aromatic heterocycles. The minimum absolute atomic E-state index is 0.110. The van der Waals surface area contributed by atoms with E-state index in [1.165, 1.54) is 23.9 Å². The number of amides is 2. The minimum Gasteiger partial charge on any atom is -0.288 e. The summed E-state index contributed by atoms with van der Waals surface area (Å²) >= 11 is 1.76. The Morgan fingerprint density at radius 2 is 0.964 bits per heavy atom. The lowest BCUT2D eigenvalue weighted by Gasteiger charge is -2.34. The van der Waals surface area contributed by atoms with Crippen molar-refractivity contribution in [1.82, 2.24) is 0 Å². The molecule has 0 saturated heterocycles. The number of para-hydroxylation sites is 2. The first-order valence-corrected chi connectivity index (χ1v) is 10.4. The third-order valence-corrected chi connectivity index (χ3v) is 5.07. The summed E-state index contributed by atoms with van der Waals surface area (Å²) in [6, 6.07) is 17.5. The van der Waals surface area contributed by atoms with Crippen LogP contribution in [0, 0.1) is 0 Å². The highest BCUT2D eigenvalue weighted by molar-refractivity contribution is 8.14. The van der Waals surface area contributed by atoms with E-state index in [-0.39, 0.29) is 21.7 Å². The molecule has 0 atom stereocenters. The molecule has 0 fully saturated rings. The Morgan fingerprint density at radius 3 is 1.25 bits per heavy atom. The maximum Gasteiger partial charge on any atom is 0.256 e. The van der Waals surface area contributed by atoms with E-state index in [9.17, 15) is 19.2 Å². The fourth-order valence-electron chi connectivity index (χ4n) is 2.33. The quantitative estimate of drug-likeness (QED) is 0.671. The summed E-state index contributed by atoms with van der Waals surface area (Å²) in [5.74, 6) is -1.06. The molecule has 146 valence electrons. The average Bonchev–Trinajstić information content (AvgIpc) is 2.69. The molecule has 0 aliphatic heterocycles. The van der Waals surface area contributed by atoms with Gasteiger partial charge in [0.05, 0.1) is 22.9 Å². The van der Waals surface area contributed by atoms with Crippen LogP contribution >= 0.6 is 23.5 Å². The number of carbonyl (C=O) groups excluding carboxylic acids is 4. The van der Waals surface area contributed by atoms with E-state index in [1.807, 2.05) is 0 Å². The van der Waals surface area contributed by atoms with Gasteiger partial charge in [0.2, 0.25) is 0 Å². The van der Waals surface area contributed by atoms with E-state index in [4.69, 9.17) is 0 Å². The smallest absolute Gasteiger partial charge is 0.256 e. The van der Waals surface area contributed by atoms with E-state index in [2.05, 4.69) is 0 Å². The van der Waals surface area contributed by atoms with Crippen LogP contribution < -0.4 is 10.0 Å². The van der Waals surface area contributed by atoms with Gasteiger partial charge in [0, 0.05) is 13.8 Å². The van der Waals surface area contributed by atoms with E-state index >= 15 is 0 Å². The van der Waals surface area contributed by atoms with Gasteiger partial charge in [0.25, 0.3) is 11.8 Å². The number of anilines is 2. The van der Waals surface area contributed by atoms with Crippen LogP contribution in [0.25, 0.3) is 0 Å². The van der Waals surface area contributed by atoms with E-state index < -0.39 is 11.8 Å². The van der Waals surface area contributed by atoms with Gasteiger partial charge in [-0.15, -0.1) is 0 Å². The second-order valence-corrected chi connectivity index (χ2v) is 7.95. The molecule has 0 radical (unpaired) electrons. The molecule has 2 aromatic carbocycles. The highest BCUT2D eigenvalue weighted by Crippen LogP contribution is 2.25. The number of thioether (sulfide) groups is 2. The van der Waals surface area contributed by atoms with Crippen molar-refractivity contribution in [3.63, 3.8) is 0 Å². The second-order valence-electron chi connectivity index (χ2n) is 5.64. The Bertz CT molecular complexity index is 772. The van der Waals surface area contributed by atoms with Crippen molar-refractivity contribution in [2.24, 2.45) is 0 Å². The predicted octanol–water partition coefficient (Wildman–Crippen LogP) is 3.53. The van der Waals surface area contributed by atoms with Crippen molar-refractivity contribution in [3.05, 3.63) is 60.7 Å². The molecular weight excluding hydrogens is 396 g/mol. The summed E-state index contributed by atoms with van der Waals surface area (Å²) in [6.07, 6.45) is 0. The molecular formula is C20H20N2O4S2. The Morgan fingerprint density at radius 1 is 0.643 bits per heavy atom. The van der Waals surface area contributed by atoms with Crippen LogP contribution in [0.5, 0.6) is 0 Å². The van der Waals surface area contributed by atoms with Crippen LogP contribution in [0.3, 0.4) is 0 Å². The molecule has 0 heterocycles. The molecule has 28 heavy (non-hydrogen) atoms. The number of nitrogens with zero attached hydrogens (tertiary/aromatic N) is 2. The predicted molar refractivity (Wildman–Crippen MR) is 114 cm³/mol. The minimum atomic E-state index is -0.420. The van der Waals surface area contributed by atoms with Crippen LogP contribution in [0.2, 0.25) is 0 Å². The summed E-state index contributed by atoms with van der Waals surface area (Å²) in [7, 11) is 0. The number of benzene rings is 2. The molecule has 0 N–H and O–H groups in total. The largest absolute Gasteiger partial charge is 0.288 e. The Balaban J connectivity index is 2.47. The summed E-state index contributed by atoms with van der Waals surface area (Å²) in [5.41, 5.74) is 0.975. The van der Waals surface area contributed by atoms with Gasteiger partial charge in [0.1, 0.15) is 0 Å². The number of hydrazine groups is 1. The molecule has 0 unspecified atom stereocenters. The lowest BCUT2D eigenvalue weighted by atomic mass is 10.3. The van der Waals surface area contributed by atoms with Gasteiger partial charge >= 0.3 is 0 Å². The first-order valence-electron chi connectivity index (χ1n) is 8.42. The molecule has 8 heteroatoms. The molecule has 0 bridgehead atoms. The zero-order valence-electron chi connectivity index (χ0n) is 15.5. The molecule has 0 spiro atoms. The number of rotatable bonds is 6. The number of carbonyl (C=O) groups is 4. The molecule has 0 aliphatic carbocycles. The fraction of sp³-hybridized carbons (Fsp3) is 0.200.